The van der Waals surface area contributed by atoms with E-state index in [-0.39, 0.29) is 30.9 Å². The number of phenols is 1. The van der Waals surface area contributed by atoms with Crippen molar-refractivity contribution in [3.05, 3.63) is 23.3 Å². The third kappa shape index (κ3) is 2.64. The van der Waals surface area contributed by atoms with Crippen molar-refractivity contribution in [2.24, 2.45) is 0 Å². The Kier molecular flexibility index (Phi) is 4.13. The third-order valence-electron chi connectivity index (χ3n) is 2.33. The van der Waals surface area contributed by atoms with E-state index in [2.05, 4.69) is 0 Å². The second kappa shape index (κ2) is 5.37. The zero-order chi connectivity index (χ0) is 12.1. The van der Waals surface area contributed by atoms with Crippen LogP contribution in [0.25, 0.3) is 0 Å². The molecule has 1 aromatic carbocycles. The first-order valence-electron chi connectivity index (χ1n) is 4.80. The number of aromatic hydroxyl groups is 1. The highest BCUT2D eigenvalue weighted by Gasteiger charge is 2.13. The van der Waals surface area contributed by atoms with Crippen molar-refractivity contribution in [1.82, 2.24) is 0 Å². The molecule has 5 heteroatoms. The Labute approximate surface area is 92.9 Å². The molecule has 0 atom stereocenters. The molecule has 0 aliphatic carbocycles. The van der Waals surface area contributed by atoms with Crippen LogP contribution >= 0.6 is 0 Å². The number of carboxylic acids is 1. The number of aryl methyl sites for hydroxylation is 1. The van der Waals surface area contributed by atoms with E-state index in [1.807, 2.05) is 0 Å². The van der Waals surface area contributed by atoms with Crippen molar-refractivity contribution >= 4 is 5.97 Å². The molecular weight excluding hydrogens is 212 g/mol. The summed E-state index contributed by atoms with van der Waals surface area (Å²) in [6, 6.07) is 3.19. The zero-order valence-electron chi connectivity index (χ0n) is 8.93. The molecule has 1 rings (SSSR count). The maximum Gasteiger partial charge on any atom is 0.303 e. The van der Waals surface area contributed by atoms with Gasteiger partial charge in [0.05, 0.1) is 13.7 Å². The van der Waals surface area contributed by atoms with Gasteiger partial charge in [0, 0.05) is 12.0 Å². The van der Waals surface area contributed by atoms with Gasteiger partial charge in [0.25, 0.3) is 0 Å². The second-order valence-corrected chi connectivity index (χ2v) is 3.31. The number of aliphatic hydroxyl groups excluding tert-OH is 1. The molecule has 0 aliphatic rings. The largest absolute Gasteiger partial charge is 0.504 e. The summed E-state index contributed by atoms with van der Waals surface area (Å²) < 4.78 is 4.89. The van der Waals surface area contributed by atoms with E-state index in [9.17, 15) is 9.90 Å². The molecule has 0 heterocycles. The monoisotopic (exact) mass is 226 g/mol. The molecular formula is C11H14O5. The molecule has 88 valence electrons. The van der Waals surface area contributed by atoms with E-state index < -0.39 is 5.97 Å². The summed E-state index contributed by atoms with van der Waals surface area (Å²) >= 11 is 0. The van der Waals surface area contributed by atoms with E-state index in [1.54, 1.807) is 12.1 Å². The van der Waals surface area contributed by atoms with E-state index >= 15 is 0 Å². The van der Waals surface area contributed by atoms with Gasteiger partial charge in [-0.1, -0.05) is 6.07 Å². The number of aliphatic hydroxyl groups is 1. The lowest BCUT2D eigenvalue weighted by molar-refractivity contribution is -0.136. The van der Waals surface area contributed by atoms with Crippen molar-refractivity contribution in [2.45, 2.75) is 19.4 Å². The van der Waals surface area contributed by atoms with Crippen LogP contribution in [0.2, 0.25) is 0 Å². The number of methoxy groups -OCH3 is 1. The molecule has 0 unspecified atom stereocenters. The Morgan fingerprint density at radius 3 is 2.62 bits per heavy atom. The number of benzene rings is 1. The lowest BCUT2D eigenvalue weighted by atomic mass is 10.0. The fourth-order valence-corrected chi connectivity index (χ4v) is 1.47. The van der Waals surface area contributed by atoms with E-state index in [0.29, 0.717) is 11.1 Å². The SMILES string of the molecule is COc1ccc(CCC(=O)O)c(CO)c1O. The van der Waals surface area contributed by atoms with Gasteiger partial charge in [-0.15, -0.1) is 0 Å². The molecule has 0 aromatic heterocycles. The summed E-state index contributed by atoms with van der Waals surface area (Å²) in [5.74, 6) is -0.782. The van der Waals surface area contributed by atoms with E-state index in [4.69, 9.17) is 14.9 Å². The lowest BCUT2D eigenvalue weighted by Crippen LogP contribution is -2.01. The van der Waals surface area contributed by atoms with Crippen LogP contribution in [0.3, 0.4) is 0 Å². The number of hydrogen-bond donors (Lipinski definition) is 3. The summed E-state index contributed by atoms with van der Waals surface area (Å²) in [4.78, 5) is 10.4. The predicted octanol–water partition coefficient (Wildman–Crippen LogP) is 0.910. The smallest absolute Gasteiger partial charge is 0.303 e. The average molecular weight is 226 g/mol. The fraction of sp³-hybridized carbons (Fsp3) is 0.364. The van der Waals surface area contributed by atoms with Gasteiger partial charge < -0.3 is 20.1 Å². The van der Waals surface area contributed by atoms with Gasteiger partial charge in [-0.25, -0.2) is 0 Å². The zero-order valence-corrected chi connectivity index (χ0v) is 8.93. The first-order valence-corrected chi connectivity index (χ1v) is 4.80. The van der Waals surface area contributed by atoms with Gasteiger partial charge in [-0.05, 0) is 18.1 Å². The summed E-state index contributed by atoms with van der Waals surface area (Å²) in [5.41, 5.74) is 0.934. The van der Waals surface area contributed by atoms with Crippen LogP contribution in [0.15, 0.2) is 12.1 Å². The minimum Gasteiger partial charge on any atom is -0.504 e. The number of carbonyl (C=O) groups is 1. The van der Waals surface area contributed by atoms with Crippen LogP contribution in [-0.2, 0) is 17.8 Å². The summed E-state index contributed by atoms with van der Waals surface area (Å²) in [6.07, 6.45) is 0.224. The van der Waals surface area contributed by atoms with Crippen molar-refractivity contribution < 1.29 is 24.9 Å². The van der Waals surface area contributed by atoms with Crippen molar-refractivity contribution in [2.75, 3.05) is 7.11 Å². The Morgan fingerprint density at radius 1 is 1.44 bits per heavy atom. The standard InChI is InChI=1S/C11H14O5/c1-16-9-4-2-7(3-5-10(13)14)8(6-12)11(9)15/h2,4,12,15H,3,5-6H2,1H3,(H,13,14). The molecule has 0 saturated carbocycles. The highest BCUT2D eigenvalue weighted by atomic mass is 16.5. The van der Waals surface area contributed by atoms with Crippen LogP contribution in [0.1, 0.15) is 17.5 Å². The maximum atomic E-state index is 10.4. The molecule has 0 fully saturated rings. The Bertz CT molecular complexity index is 386. The van der Waals surface area contributed by atoms with Crippen LogP contribution < -0.4 is 4.74 Å². The molecule has 1 aromatic rings. The first-order chi connectivity index (χ1) is 7.60. The topological polar surface area (TPSA) is 87.0 Å². The molecule has 0 bridgehead atoms. The lowest BCUT2D eigenvalue weighted by Gasteiger charge is -2.11. The first kappa shape index (κ1) is 12.3. The van der Waals surface area contributed by atoms with Gasteiger partial charge in [-0.3, -0.25) is 4.79 Å². The van der Waals surface area contributed by atoms with Crippen LogP contribution in [-0.4, -0.2) is 28.4 Å². The maximum absolute atomic E-state index is 10.4. The number of carboxylic acid groups (broad SMARTS) is 1. The minimum atomic E-state index is -0.917. The van der Waals surface area contributed by atoms with Crippen molar-refractivity contribution in [3.63, 3.8) is 0 Å². The van der Waals surface area contributed by atoms with Gasteiger partial charge in [0.15, 0.2) is 11.5 Å². The molecule has 0 amide bonds. The second-order valence-electron chi connectivity index (χ2n) is 3.31. The molecule has 3 N–H and O–H groups in total. The van der Waals surface area contributed by atoms with Gasteiger partial charge >= 0.3 is 5.97 Å². The molecule has 16 heavy (non-hydrogen) atoms. The van der Waals surface area contributed by atoms with Gasteiger partial charge in [0.1, 0.15) is 0 Å². The van der Waals surface area contributed by atoms with E-state index in [1.165, 1.54) is 7.11 Å². The predicted molar refractivity (Wildman–Crippen MR) is 56.5 cm³/mol. The van der Waals surface area contributed by atoms with Gasteiger partial charge in [0.2, 0.25) is 0 Å². The Hall–Kier alpha value is -1.75. The molecule has 0 spiro atoms. The molecule has 0 aliphatic heterocycles. The minimum absolute atomic E-state index is 0.0429. The van der Waals surface area contributed by atoms with Crippen LogP contribution in [0.4, 0.5) is 0 Å². The Morgan fingerprint density at radius 2 is 2.12 bits per heavy atom. The molecule has 5 nitrogen and oxygen atoms in total. The third-order valence-corrected chi connectivity index (χ3v) is 2.33. The number of hydrogen-bond acceptors (Lipinski definition) is 4. The quantitative estimate of drug-likeness (QED) is 0.694. The highest BCUT2D eigenvalue weighted by molar-refractivity contribution is 5.67. The van der Waals surface area contributed by atoms with Crippen LogP contribution in [0.5, 0.6) is 11.5 Å². The average Bonchev–Trinajstić information content (AvgIpc) is 2.26. The van der Waals surface area contributed by atoms with E-state index in [0.717, 1.165) is 0 Å². The van der Waals surface area contributed by atoms with Crippen molar-refractivity contribution in [3.8, 4) is 11.5 Å². The number of aliphatic carboxylic acids is 1. The highest BCUT2D eigenvalue weighted by Crippen LogP contribution is 2.32. The number of ether oxygens (including phenoxy) is 1. The fourth-order valence-electron chi connectivity index (χ4n) is 1.47. The van der Waals surface area contributed by atoms with Gasteiger partial charge in [-0.2, -0.15) is 0 Å². The summed E-state index contributed by atoms with van der Waals surface area (Å²) in [5, 5.41) is 27.4. The normalized spacial score (nSPS) is 10.1. The molecule has 0 radical (unpaired) electrons. The number of rotatable bonds is 5. The molecule has 0 saturated heterocycles. The summed E-state index contributed by atoms with van der Waals surface area (Å²) in [7, 11) is 1.41. The Balaban J connectivity index is 3.01. The van der Waals surface area contributed by atoms with Crippen LogP contribution in [0, 0.1) is 0 Å². The van der Waals surface area contributed by atoms with Crippen molar-refractivity contribution in [1.29, 1.82) is 0 Å². The summed E-state index contributed by atoms with van der Waals surface area (Å²) in [6.45, 7) is -0.349.